The number of nitrogens with zero attached hydrogens (tertiary/aromatic N) is 1. The maximum absolute atomic E-state index is 6.84. The van der Waals surface area contributed by atoms with Crippen LogP contribution in [0.1, 0.15) is 146 Å². The molecular weight excluding hydrogens is 534 g/mol. The minimum Gasteiger partial charge on any atom is -0.487 e. The Morgan fingerprint density at radius 2 is 1.57 bits per heavy atom. The molecule has 1 aromatic carbocycles. The van der Waals surface area contributed by atoms with Gasteiger partial charge in [-0.05, 0) is 118 Å². The zero-order valence-corrected chi connectivity index (χ0v) is 29.1. The van der Waals surface area contributed by atoms with Crippen LogP contribution in [-0.4, -0.2) is 15.6 Å². The molecule has 0 unspecified atom stereocenters. The van der Waals surface area contributed by atoms with Gasteiger partial charge in [-0.2, -0.15) is 0 Å². The second kappa shape index (κ2) is 16.2. The SMILES string of the molecule is CCCc1ccc(C(=S)Oc2c(C)c(C)c3c(c2C)CC[C@@](C)(CCC[C@H](C)CCC[C@H](C)CCCC(C)C)O3)nc1. The summed E-state index contributed by atoms with van der Waals surface area (Å²) >= 11 is 5.68. The molecule has 3 atom stereocenters. The van der Waals surface area contributed by atoms with Crippen LogP contribution in [-0.2, 0) is 12.8 Å². The zero-order valence-electron chi connectivity index (χ0n) is 28.3. The molecule has 4 heteroatoms. The third kappa shape index (κ3) is 9.79. The van der Waals surface area contributed by atoms with Gasteiger partial charge in [0, 0.05) is 11.8 Å². The number of benzene rings is 1. The van der Waals surface area contributed by atoms with E-state index in [-0.39, 0.29) is 5.60 Å². The molecule has 0 aliphatic carbocycles. The molecule has 42 heavy (non-hydrogen) atoms. The smallest absolute Gasteiger partial charge is 0.216 e. The number of aryl methyl sites for hydroxylation is 1. The average molecular weight is 594 g/mol. The van der Waals surface area contributed by atoms with Crippen LogP contribution < -0.4 is 9.47 Å². The van der Waals surface area contributed by atoms with Gasteiger partial charge in [0.1, 0.15) is 22.8 Å². The Hall–Kier alpha value is -1.94. The van der Waals surface area contributed by atoms with Crippen LogP contribution in [0.25, 0.3) is 0 Å². The van der Waals surface area contributed by atoms with Gasteiger partial charge in [-0.3, -0.25) is 4.98 Å². The third-order valence-corrected chi connectivity index (χ3v) is 9.90. The van der Waals surface area contributed by atoms with Crippen molar-refractivity contribution >= 4 is 17.3 Å². The lowest BCUT2D eigenvalue weighted by molar-refractivity contribution is 0.0512. The molecular formula is C38H59NO2S. The van der Waals surface area contributed by atoms with Crippen LogP contribution in [0.2, 0.25) is 0 Å². The van der Waals surface area contributed by atoms with Crippen molar-refractivity contribution in [2.45, 2.75) is 151 Å². The molecule has 0 saturated heterocycles. The third-order valence-electron chi connectivity index (χ3n) is 9.61. The molecule has 0 saturated carbocycles. The molecule has 234 valence electrons. The van der Waals surface area contributed by atoms with Gasteiger partial charge >= 0.3 is 0 Å². The molecule has 0 N–H and O–H groups in total. The summed E-state index contributed by atoms with van der Waals surface area (Å²) in [5.74, 6) is 4.43. The molecule has 3 rings (SSSR count). The van der Waals surface area contributed by atoms with E-state index in [9.17, 15) is 0 Å². The van der Waals surface area contributed by atoms with E-state index in [2.05, 4.69) is 73.4 Å². The summed E-state index contributed by atoms with van der Waals surface area (Å²) in [6, 6.07) is 4.08. The molecule has 0 amide bonds. The number of aromatic nitrogens is 1. The van der Waals surface area contributed by atoms with Crippen LogP contribution in [0.15, 0.2) is 18.3 Å². The summed E-state index contributed by atoms with van der Waals surface area (Å²) in [7, 11) is 0. The summed E-state index contributed by atoms with van der Waals surface area (Å²) in [4.78, 5) is 4.57. The van der Waals surface area contributed by atoms with E-state index in [1.807, 2.05) is 12.3 Å². The van der Waals surface area contributed by atoms with Gasteiger partial charge in [0.2, 0.25) is 5.05 Å². The molecule has 0 fully saturated rings. The molecule has 0 radical (unpaired) electrons. The van der Waals surface area contributed by atoms with Crippen LogP contribution in [0, 0.1) is 38.5 Å². The first kappa shape index (κ1) is 34.5. The van der Waals surface area contributed by atoms with Crippen molar-refractivity contribution in [1.82, 2.24) is 4.98 Å². The van der Waals surface area contributed by atoms with Gasteiger partial charge in [0.05, 0.1) is 0 Å². The fraction of sp³-hybridized carbons (Fsp3) is 0.684. The summed E-state index contributed by atoms with van der Waals surface area (Å²) in [6.45, 7) is 20.5. The van der Waals surface area contributed by atoms with Crippen LogP contribution in [0.3, 0.4) is 0 Å². The Kier molecular flexibility index (Phi) is 13.3. The number of pyridine rings is 1. The number of fused-ring (bicyclic) bond motifs is 1. The van der Waals surface area contributed by atoms with E-state index in [0.717, 1.165) is 72.5 Å². The second-order valence-electron chi connectivity index (χ2n) is 14.1. The minimum absolute atomic E-state index is 0.108. The number of ether oxygens (including phenoxy) is 2. The number of rotatable bonds is 16. The van der Waals surface area contributed by atoms with Crippen LogP contribution in [0.4, 0.5) is 0 Å². The molecule has 1 aliphatic heterocycles. The molecule has 1 aliphatic rings. The average Bonchev–Trinajstić information content (AvgIpc) is 2.94. The highest BCUT2D eigenvalue weighted by Crippen LogP contribution is 2.45. The van der Waals surface area contributed by atoms with Crippen molar-refractivity contribution in [2.75, 3.05) is 0 Å². The quantitative estimate of drug-likeness (QED) is 0.181. The van der Waals surface area contributed by atoms with E-state index in [1.165, 1.54) is 68.1 Å². The Morgan fingerprint density at radius 3 is 2.17 bits per heavy atom. The van der Waals surface area contributed by atoms with E-state index in [1.54, 1.807) is 0 Å². The highest BCUT2D eigenvalue weighted by atomic mass is 32.1. The van der Waals surface area contributed by atoms with Crippen molar-refractivity contribution in [3.8, 4) is 11.5 Å². The van der Waals surface area contributed by atoms with Gasteiger partial charge in [-0.15, -0.1) is 0 Å². The van der Waals surface area contributed by atoms with Gasteiger partial charge in [0.15, 0.2) is 0 Å². The fourth-order valence-electron chi connectivity index (χ4n) is 6.54. The van der Waals surface area contributed by atoms with Gasteiger partial charge in [-0.1, -0.05) is 92.1 Å². The van der Waals surface area contributed by atoms with Crippen molar-refractivity contribution in [2.24, 2.45) is 17.8 Å². The normalized spacial score (nSPS) is 18.0. The summed E-state index contributed by atoms with van der Waals surface area (Å²) in [5.41, 5.74) is 6.53. The number of hydrogen-bond donors (Lipinski definition) is 0. The number of thiocarbonyl (C=S) groups is 1. The van der Waals surface area contributed by atoms with Crippen LogP contribution in [0.5, 0.6) is 11.5 Å². The molecule has 3 nitrogen and oxygen atoms in total. The van der Waals surface area contributed by atoms with Crippen molar-refractivity contribution in [3.63, 3.8) is 0 Å². The highest BCUT2D eigenvalue weighted by Gasteiger charge is 2.34. The zero-order chi connectivity index (χ0) is 30.9. The lowest BCUT2D eigenvalue weighted by atomic mass is 9.83. The van der Waals surface area contributed by atoms with Gasteiger partial charge < -0.3 is 9.47 Å². The summed E-state index contributed by atoms with van der Waals surface area (Å²) in [5, 5.41) is 0.430. The Labute approximate surface area is 263 Å². The molecule has 1 aromatic heterocycles. The first-order valence-corrected chi connectivity index (χ1v) is 17.3. The first-order valence-electron chi connectivity index (χ1n) is 16.9. The predicted octanol–water partition coefficient (Wildman–Crippen LogP) is 11.2. The minimum atomic E-state index is -0.108. The van der Waals surface area contributed by atoms with Crippen molar-refractivity contribution < 1.29 is 9.47 Å². The standard InChI is InChI=1S/C38H59NO2S/c1-10-14-32-20-21-34(39-25-32)37(42)40-35-29(6)30(7)36-33(31(35)8)22-24-38(9,41-36)23-13-19-28(5)18-12-17-27(4)16-11-15-26(2)3/h20-21,25-28H,10-19,22-24H2,1-9H3/t27-,28-,38-/m1/s1. The first-order chi connectivity index (χ1) is 19.9. The van der Waals surface area contributed by atoms with Crippen LogP contribution >= 0.6 is 12.2 Å². The van der Waals surface area contributed by atoms with Gasteiger partial charge in [-0.25, -0.2) is 0 Å². The van der Waals surface area contributed by atoms with Gasteiger partial charge in [0.25, 0.3) is 0 Å². The lowest BCUT2D eigenvalue weighted by Crippen LogP contribution is -2.37. The van der Waals surface area contributed by atoms with E-state index in [0.29, 0.717) is 10.7 Å². The fourth-order valence-corrected chi connectivity index (χ4v) is 6.74. The van der Waals surface area contributed by atoms with Crippen molar-refractivity contribution in [1.29, 1.82) is 0 Å². The second-order valence-corrected chi connectivity index (χ2v) is 14.5. The predicted molar refractivity (Wildman–Crippen MR) is 183 cm³/mol. The Balaban J connectivity index is 1.53. The highest BCUT2D eigenvalue weighted by molar-refractivity contribution is 7.80. The summed E-state index contributed by atoms with van der Waals surface area (Å²) in [6.07, 6.45) is 18.0. The van der Waals surface area contributed by atoms with E-state index in [4.69, 9.17) is 21.7 Å². The molecule has 0 spiro atoms. The topological polar surface area (TPSA) is 31.4 Å². The maximum atomic E-state index is 6.84. The maximum Gasteiger partial charge on any atom is 0.216 e. The molecule has 2 aromatic rings. The lowest BCUT2D eigenvalue weighted by Gasteiger charge is -2.38. The number of hydrogen-bond acceptors (Lipinski definition) is 4. The van der Waals surface area contributed by atoms with Crippen molar-refractivity contribution in [3.05, 3.63) is 51.8 Å². The largest absolute Gasteiger partial charge is 0.487 e. The van der Waals surface area contributed by atoms with E-state index < -0.39 is 0 Å². The Morgan fingerprint density at radius 1 is 0.929 bits per heavy atom. The molecule has 0 bridgehead atoms. The Bertz CT molecular complexity index is 1150. The molecule has 2 heterocycles. The summed E-state index contributed by atoms with van der Waals surface area (Å²) < 4.78 is 13.2. The monoisotopic (exact) mass is 593 g/mol. The van der Waals surface area contributed by atoms with E-state index >= 15 is 0 Å².